The number of rotatable bonds is 0. The topological polar surface area (TPSA) is 0 Å². The third kappa shape index (κ3) is 1.13. The third-order valence-electron chi connectivity index (χ3n) is 6.06. The van der Waals surface area contributed by atoms with Crippen LogP contribution in [-0.4, -0.2) is 15.0 Å². The summed E-state index contributed by atoms with van der Waals surface area (Å²) < 4.78 is 1.89. The van der Waals surface area contributed by atoms with Crippen LogP contribution in [0.3, 0.4) is 0 Å². The van der Waals surface area contributed by atoms with E-state index < -0.39 is 0 Å². The average molecular weight is 327 g/mol. The molecule has 0 bridgehead atoms. The van der Waals surface area contributed by atoms with Gasteiger partial charge in [-0.05, 0) is 0 Å². The molecule has 1 aliphatic carbocycles. The Balaban J connectivity index is 2.11. The van der Waals surface area contributed by atoms with Gasteiger partial charge in [-0.15, -0.1) is 0 Å². The van der Waals surface area contributed by atoms with Gasteiger partial charge in [-0.3, -0.25) is 0 Å². The Morgan fingerprint density at radius 3 is 1.95 bits per heavy atom. The van der Waals surface area contributed by atoms with Crippen molar-refractivity contribution >= 4 is 19.4 Å². The van der Waals surface area contributed by atoms with Gasteiger partial charge in [0.15, 0.2) is 0 Å². The van der Waals surface area contributed by atoms with Gasteiger partial charge in [-0.25, -0.2) is 0 Å². The maximum atomic E-state index is 2.50. The molecule has 2 atom stereocenters. The van der Waals surface area contributed by atoms with Crippen molar-refractivity contribution in [3.05, 3.63) is 65.2 Å². The molecular formula is C19H20Se. The van der Waals surface area contributed by atoms with Gasteiger partial charge in [0, 0.05) is 0 Å². The average Bonchev–Trinajstić information content (AvgIpc) is 2.76. The molecule has 0 aromatic heterocycles. The van der Waals surface area contributed by atoms with Gasteiger partial charge < -0.3 is 0 Å². The van der Waals surface area contributed by atoms with Gasteiger partial charge in [0.05, 0.1) is 0 Å². The number of fused-ring (bicyclic) bond motifs is 5. The molecule has 4 rings (SSSR count). The molecule has 0 nitrogen and oxygen atoms in total. The monoisotopic (exact) mass is 328 g/mol. The van der Waals surface area contributed by atoms with Crippen LogP contribution in [0.5, 0.6) is 0 Å². The molecule has 2 aromatic carbocycles. The van der Waals surface area contributed by atoms with Crippen molar-refractivity contribution in [2.24, 2.45) is 0 Å². The summed E-state index contributed by atoms with van der Waals surface area (Å²) in [6, 6.07) is 18.3. The van der Waals surface area contributed by atoms with Crippen LogP contribution in [0.1, 0.15) is 44.4 Å². The number of hydrogen-bond acceptors (Lipinski definition) is 0. The number of benzene rings is 2. The summed E-state index contributed by atoms with van der Waals surface area (Å²) in [6.07, 6.45) is 0. The Hall–Kier alpha value is -1.04. The molecular weight excluding hydrogens is 307 g/mol. The van der Waals surface area contributed by atoms with Gasteiger partial charge in [-0.2, -0.15) is 0 Å². The summed E-state index contributed by atoms with van der Waals surface area (Å²) in [6.45, 7) is 9.88. The zero-order chi connectivity index (χ0) is 14.2. The van der Waals surface area contributed by atoms with E-state index in [9.17, 15) is 0 Å². The molecule has 0 N–H and O–H groups in total. The zero-order valence-corrected chi connectivity index (χ0v) is 14.2. The van der Waals surface area contributed by atoms with Crippen LogP contribution in [0.15, 0.2) is 48.5 Å². The van der Waals surface area contributed by atoms with Crippen LogP contribution in [0, 0.1) is 0 Å². The predicted octanol–water partition coefficient (Wildman–Crippen LogP) is 3.49. The van der Waals surface area contributed by atoms with Crippen molar-refractivity contribution in [2.75, 3.05) is 0 Å². The Bertz CT molecular complexity index is 715. The van der Waals surface area contributed by atoms with E-state index in [4.69, 9.17) is 0 Å². The van der Waals surface area contributed by atoms with Crippen molar-refractivity contribution in [2.45, 2.75) is 42.8 Å². The first kappa shape index (κ1) is 12.7. The second-order valence-electron chi connectivity index (χ2n) is 6.93. The molecule has 1 heteroatoms. The Morgan fingerprint density at radius 2 is 1.25 bits per heavy atom. The van der Waals surface area contributed by atoms with Gasteiger partial charge in [0.2, 0.25) is 0 Å². The van der Waals surface area contributed by atoms with E-state index in [-0.39, 0.29) is 15.1 Å². The van der Waals surface area contributed by atoms with Crippen LogP contribution < -0.4 is 4.46 Å². The van der Waals surface area contributed by atoms with Gasteiger partial charge in [0.1, 0.15) is 0 Å². The van der Waals surface area contributed by atoms with Crippen molar-refractivity contribution in [1.82, 2.24) is 0 Å². The first-order valence-electron chi connectivity index (χ1n) is 7.31. The SMILES string of the molecule is CC1(C)c2ccccc2C2(C)[Se]c3ccccc3C12C. The third-order valence-corrected chi connectivity index (χ3v) is 9.44. The van der Waals surface area contributed by atoms with Crippen LogP contribution in [0.2, 0.25) is 0 Å². The van der Waals surface area contributed by atoms with Crippen molar-refractivity contribution in [3.8, 4) is 0 Å². The summed E-state index contributed by atoms with van der Waals surface area (Å²) >= 11 is 0.502. The van der Waals surface area contributed by atoms with Crippen LogP contribution >= 0.6 is 0 Å². The summed E-state index contributed by atoms with van der Waals surface area (Å²) in [5, 5.41) is 0. The fraction of sp³-hybridized carbons (Fsp3) is 0.368. The maximum absolute atomic E-state index is 2.50. The van der Waals surface area contributed by atoms with Gasteiger partial charge in [-0.1, -0.05) is 0 Å². The van der Waals surface area contributed by atoms with Crippen LogP contribution in [0.4, 0.5) is 0 Å². The van der Waals surface area contributed by atoms with Gasteiger partial charge in [0.25, 0.3) is 0 Å². The molecule has 0 radical (unpaired) electrons. The van der Waals surface area contributed by atoms with E-state index in [1.807, 2.05) is 0 Å². The minimum absolute atomic E-state index is 0.187. The molecule has 2 unspecified atom stereocenters. The molecule has 20 heavy (non-hydrogen) atoms. The van der Waals surface area contributed by atoms with Crippen LogP contribution in [-0.2, 0) is 15.1 Å². The molecule has 1 aliphatic heterocycles. The fourth-order valence-electron chi connectivity index (χ4n) is 4.52. The molecule has 0 amide bonds. The van der Waals surface area contributed by atoms with E-state index in [0.29, 0.717) is 15.0 Å². The van der Waals surface area contributed by atoms with Crippen molar-refractivity contribution < 1.29 is 0 Å². The Morgan fingerprint density at radius 1 is 0.700 bits per heavy atom. The minimum atomic E-state index is 0.187. The molecule has 102 valence electrons. The van der Waals surface area contributed by atoms with Crippen molar-refractivity contribution in [1.29, 1.82) is 0 Å². The molecule has 1 heterocycles. The van der Waals surface area contributed by atoms with Crippen molar-refractivity contribution in [3.63, 3.8) is 0 Å². The molecule has 0 saturated carbocycles. The number of hydrogen-bond donors (Lipinski definition) is 0. The first-order chi connectivity index (χ1) is 9.43. The summed E-state index contributed by atoms with van der Waals surface area (Å²) in [5.41, 5.74) is 5.13. The normalized spacial score (nSPS) is 32.6. The molecule has 0 saturated heterocycles. The standard InChI is InChI=1S/C19H20Se/c1-17(2)13-9-5-6-10-14(13)19(4)18(17,3)15-11-7-8-12-16(15)20-19/h5-12H,1-4H3. The second kappa shape index (κ2) is 3.58. The Kier molecular flexibility index (Phi) is 2.27. The molecule has 2 aromatic rings. The van der Waals surface area contributed by atoms with E-state index in [2.05, 4.69) is 76.2 Å². The quantitative estimate of drug-likeness (QED) is 0.650. The van der Waals surface area contributed by atoms with E-state index in [1.54, 1.807) is 21.2 Å². The fourth-order valence-corrected chi connectivity index (χ4v) is 8.35. The molecule has 2 aliphatic rings. The van der Waals surface area contributed by atoms with Gasteiger partial charge >= 0.3 is 127 Å². The summed E-state index contributed by atoms with van der Waals surface area (Å²) in [7, 11) is 0. The molecule has 0 spiro atoms. The predicted molar refractivity (Wildman–Crippen MR) is 86.0 cm³/mol. The zero-order valence-electron chi connectivity index (χ0n) is 12.5. The summed E-state index contributed by atoms with van der Waals surface area (Å²) in [5.74, 6) is 0. The van der Waals surface area contributed by atoms with Crippen LogP contribution in [0.25, 0.3) is 0 Å². The first-order valence-corrected chi connectivity index (χ1v) is 9.03. The van der Waals surface area contributed by atoms with E-state index in [0.717, 1.165) is 0 Å². The van der Waals surface area contributed by atoms with E-state index >= 15 is 0 Å². The Labute approximate surface area is 127 Å². The second-order valence-corrected chi connectivity index (χ2v) is 9.99. The summed E-state index contributed by atoms with van der Waals surface area (Å²) in [4.78, 5) is 0. The molecule has 0 fully saturated rings. The van der Waals surface area contributed by atoms with E-state index in [1.165, 1.54) is 0 Å².